The zero-order valence-corrected chi connectivity index (χ0v) is 12.4. The van der Waals surface area contributed by atoms with Crippen LogP contribution < -0.4 is 5.32 Å². The molecule has 1 amide bonds. The molecule has 1 saturated heterocycles. The summed E-state index contributed by atoms with van der Waals surface area (Å²) in [6, 6.07) is 8.62. The van der Waals surface area contributed by atoms with Gasteiger partial charge in [0.15, 0.2) is 0 Å². The van der Waals surface area contributed by atoms with Gasteiger partial charge in [-0.3, -0.25) is 4.79 Å². The summed E-state index contributed by atoms with van der Waals surface area (Å²) in [6.07, 6.45) is -3.34. The Bertz CT molecular complexity index is 472. The molecule has 7 heteroatoms. The number of hydrogen-bond donors (Lipinski definition) is 4. The van der Waals surface area contributed by atoms with Crippen molar-refractivity contribution in [3.63, 3.8) is 0 Å². The van der Waals surface area contributed by atoms with Gasteiger partial charge in [0, 0.05) is 11.8 Å². The third-order valence-corrected chi connectivity index (χ3v) is 4.43. The van der Waals surface area contributed by atoms with Gasteiger partial charge in [-0.2, -0.15) is 0 Å². The number of carbonyl (C=O) groups excluding carboxylic acids is 1. The Morgan fingerprint density at radius 3 is 2.52 bits per heavy atom. The van der Waals surface area contributed by atoms with Gasteiger partial charge in [-0.05, 0) is 12.1 Å². The normalized spacial score (nSPS) is 32.7. The van der Waals surface area contributed by atoms with E-state index < -0.39 is 36.4 Å². The van der Waals surface area contributed by atoms with Crippen LogP contribution in [0, 0.1) is 0 Å². The maximum absolute atomic E-state index is 11.3. The molecule has 5 atom stereocenters. The second-order valence-corrected chi connectivity index (χ2v) is 6.04. The Morgan fingerprint density at radius 1 is 1.29 bits per heavy atom. The molecule has 116 valence electrons. The first-order valence-electron chi connectivity index (χ1n) is 6.64. The van der Waals surface area contributed by atoms with Crippen LogP contribution in [-0.4, -0.2) is 57.6 Å². The molecule has 4 N–H and O–H groups in total. The molecule has 1 aliphatic heterocycles. The van der Waals surface area contributed by atoms with E-state index >= 15 is 0 Å². The number of nitrogens with one attached hydrogen (secondary N) is 1. The smallest absolute Gasteiger partial charge is 0.217 e. The van der Waals surface area contributed by atoms with Crippen molar-refractivity contribution in [1.29, 1.82) is 0 Å². The number of aliphatic hydroxyl groups excluding tert-OH is 3. The van der Waals surface area contributed by atoms with Gasteiger partial charge in [0.1, 0.15) is 23.7 Å². The van der Waals surface area contributed by atoms with Gasteiger partial charge in [0.2, 0.25) is 5.91 Å². The first-order chi connectivity index (χ1) is 10.0. The van der Waals surface area contributed by atoms with Crippen LogP contribution in [0.15, 0.2) is 35.2 Å². The monoisotopic (exact) mass is 313 g/mol. The highest BCUT2D eigenvalue weighted by molar-refractivity contribution is 7.99. The highest BCUT2D eigenvalue weighted by Crippen LogP contribution is 2.33. The third kappa shape index (κ3) is 3.96. The molecule has 1 aromatic carbocycles. The summed E-state index contributed by atoms with van der Waals surface area (Å²) in [5, 5.41) is 31.9. The topological polar surface area (TPSA) is 99.0 Å². The Balaban J connectivity index is 2.18. The molecule has 2 rings (SSSR count). The molecule has 1 aliphatic rings. The van der Waals surface area contributed by atoms with Crippen molar-refractivity contribution in [3.8, 4) is 0 Å². The lowest BCUT2D eigenvalue weighted by molar-refractivity contribution is -0.173. The fourth-order valence-corrected chi connectivity index (χ4v) is 3.36. The minimum Gasteiger partial charge on any atom is -0.394 e. The Kier molecular flexibility index (Phi) is 5.60. The fraction of sp³-hybridized carbons (Fsp3) is 0.500. The highest BCUT2D eigenvalue weighted by Gasteiger charge is 2.44. The molecular weight excluding hydrogens is 294 g/mol. The van der Waals surface area contributed by atoms with Gasteiger partial charge in [-0.25, -0.2) is 0 Å². The Morgan fingerprint density at radius 2 is 1.95 bits per heavy atom. The van der Waals surface area contributed by atoms with Gasteiger partial charge < -0.3 is 25.4 Å². The predicted octanol–water partition coefficient (Wildman–Crippen LogP) is -0.278. The number of amides is 1. The molecular formula is C14H19NO5S. The third-order valence-electron chi connectivity index (χ3n) is 3.25. The van der Waals surface area contributed by atoms with Crippen LogP contribution in [0.1, 0.15) is 6.92 Å². The van der Waals surface area contributed by atoms with Gasteiger partial charge >= 0.3 is 0 Å². The van der Waals surface area contributed by atoms with E-state index in [4.69, 9.17) is 4.74 Å². The standard InChI is InChI=1S/C14H19NO5S/c1-8(17)15-11-13(19)12(18)10(7-16)20-14(11)21-9-5-3-2-4-6-9/h2-6,10-14,16,18-19H,7H2,1H3,(H,15,17)/t10-,11-,12-,13-,14+/m1/s1. The van der Waals surface area contributed by atoms with Gasteiger partial charge in [0.05, 0.1) is 12.6 Å². The van der Waals surface area contributed by atoms with Crippen molar-refractivity contribution >= 4 is 17.7 Å². The molecule has 1 heterocycles. The van der Waals surface area contributed by atoms with Crippen molar-refractivity contribution in [2.24, 2.45) is 0 Å². The van der Waals surface area contributed by atoms with Crippen LogP contribution in [-0.2, 0) is 9.53 Å². The lowest BCUT2D eigenvalue weighted by Gasteiger charge is -2.42. The maximum Gasteiger partial charge on any atom is 0.217 e. The van der Waals surface area contributed by atoms with Crippen LogP contribution in [0.5, 0.6) is 0 Å². The van der Waals surface area contributed by atoms with Crippen molar-refractivity contribution in [3.05, 3.63) is 30.3 Å². The molecule has 1 fully saturated rings. The average molecular weight is 313 g/mol. The van der Waals surface area contributed by atoms with E-state index in [0.29, 0.717) is 0 Å². The fourth-order valence-electron chi connectivity index (χ4n) is 2.20. The maximum atomic E-state index is 11.3. The molecule has 0 bridgehead atoms. The molecule has 0 saturated carbocycles. The summed E-state index contributed by atoms with van der Waals surface area (Å²) in [6.45, 7) is 0.929. The average Bonchev–Trinajstić information content (AvgIpc) is 2.47. The first kappa shape index (κ1) is 16.3. The summed E-state index contributed by atoms with van der Waals surface area (Å²) in [5.74, 6) is -0.323. The zero-order valence-electron chi connectivity index (χ0n) is 11.5. The minimum atomic E-state index is -1.25. The number of benzene rings is 1. The van der Waals surface area contributed by atoms with E-state index in [-0.39, 0.29) is 5.91 Å². The summed E-state index contributed by atoms with van der Waals surface area (Å²) in [5.41, 5.74) is -0.605. The van der Waals surface area contributed by atoms with E-state index in [1.54, 1.807) is 0 Å². The summed E-state index contributed by atoms with van der Waals surface area (Å²) in [7, 11) is 0. The second-order valence-electron chi connectivity index (χ2n) is 4.86. The van der Waals surface area contributed by atoms with Crippen LogP contribution in [0.4, 0.5) is 0 Å². The molecule has 6 nitrogen and oxygen atoms in total. The molecule has 1 aromatic rings. The quantitative estimate of drug-likeness (QED) is 0.610. The lowest BCUT2D eigenvalue weighted by atomic mass is 9.98. The lowest BCUT2D eigenvalue weighted by Crippen LogP contribution is -2.63. The predicted molar refractivity (Wildman–Crippen MR) is 77.7 cm³/mol. The number of ether oxygens (including phenoxy) is 1. The van der Waals surface area contributed by atoms with E-state index in [1.165, 1.54) is 18.7 Å². The van der Waals surface area contributed by atoms with Gasteiger partial charge in [-0.15, -0.1) is 0 Å². The second kappa shape index (κ2) is 7.24. The SMILES string of the molecule is CC(=O)N[C@@H]1[C@@H](O)[C@H](O)[C@@H](CO)O[C@H]1Sc1ccccc1. The van der Waals surface area contributed by atoms with Crippen LogP contribution in [0.2, 0.25) is 0 Å². The van der Waals surface area contributed by atoms with Gasteiger partial charge in [-0.1, -0.05) is 30.0 Å². The van der Waals surface area contributed by atoms with Crippen LogP contribution in [0.3, 0.4) is 0 Å². The van der Waals surface area contributed by atoms with Crippen LogP contribution in [0.25, 0.3) is 0 Å². The molecule has 0 aliphatic carbocycles. The summed E-state index contributed by atoms with van der Waals surface area (Å²) < 4.78 is 5.62. The molecule has 0 spiro atoms. The van der Waals surface area contributed by atoms with Crippen molar-refractivity contribution in [2.75, 3.05) is 6.61 Å². The number of aliphatic hydroxyl groups is 3. The summed E-state index contributed by atoms with van der Waals surface area (Å²) in [4.78, 5) is 12.2. The summed E-state index contributed by atoms with van der Waals surface area (Å²) >= 11 is 1.32. The first-order valence-corrected chi connectivity index (χ1v) is 7.52. The number of rotatable bonds is 4. The van der Waals surface area contributed by atoms with E-state index in [9.17, 15) is 20.1 Å². The molecule has 0 unspecified atom stereocenters. The van der Waals surface area contributed by atoms with Crippen molar-refractivity contribution < 1.29 is 24.9 Å². The number of thioether (sulfide) groups is 1. The highest BCUT2D eigenvalue weighted by atomic mass is 32.2. The Hall–Kier alpha value is -1.12. The van der Waals surface area contributed by atoms with Crippen molar-refractivity contribution in [2.45, 2.75) is 41.6 Å². The van der Waals surface area contributed by atoms with E-state index in [1.807, 2.05) is 30.3 Å². The molecule has 0 radical (unpaired) electrons. The zero-order chi connectivity index (χ0) is 15.4. The molecule has 0 aromatic heterocycles. The van der Waals surface area contributed by atoms with E-state index in [0.717, 1.165) is 4.90 Å². The van der Waals surface area contributed by atoms with E-state index in [2.05, 4.69) is 5.32 Å². The van der Waals surface area contributed by atoms with Crippen LogP contribution >= 0.6 is 11.8 Å². The minimum absolute atomic E-state index is 0.323. The van der Waals surface area contributed by atoms with Crippen molar-refractivity contribution in [1.82, 2.24) is 5.32 Å². The number of hydrogen-bond acceptors (Lipinski definition) is 6. The number of carbonyl (C=O) groups is 1. The Labute approximate surface area is 127 Å². The van der Waals surface area contributed by atoms with Gasteiger partial charge in [0.25, 0.3) is 0 Å². The molecule has 21 heavy (non-hydrogen) atoms. The largest absolute Gasteiger partial charge is 0.394 e.